The Bertz CT molecular complexity index is 1140. The first kappa shape index (κ1) is 16.4. The summed E-state index contributed by atoms with van der Waals surface area (Å²) in [7, 11) is 0. The maximum absolute atomic E-state index is 5.45. The van der Waals surface area contributed by atoms with Gasteiger partial charge in [-0.25, -0.2) is 9.97 Å². The Kier molecular flexibility index (Phi) is 4.22. The number of nitrogens with one attached hydrogen (secondary N) is 2. The van der Waals surface area contributed by atoms with E-state index in [9.17, 15) is 0 Å². The molecule has 0 fully saturated rings. The van der Waals surface area contributed by atoms with Gasteiger partial charge in [-0.3, -0.25) is 0 Å². The van der Waals surface area contributed by atoms with Crippen LogP contribution in [0.25, 0.3) is 21.8 Å². The van der Waals surface area contributed by atoms with Gasteiger partial charge in [0.25, 0.3) is 0 Å². The second kappa shape index (κ2) is 6.69. The van der Waals surface area contributed by atoms with Crippen molar-refractivity contribution in [3.63, 3.8) is 0 Å². The van der Waals surface area contributed by atoms with Gasteiger partial charge >= 0.3 is 0 Å². The maximum Gasteiger partial charge on any atom is 0.175 e. The zero-order valence-electron chi connectivity index (χ0n) is 14.6. The third-order valence-corrected chi connectivity index (χ3v) is 4.54. The zero-order valence-corrected chi connectivity index (χ0v) is 15.4. The van der Waals surface area contributed by atoms with E-state index in [1.54, 1.807) is 0 Å². The third-order valence-electron chi connectivity index (χ3n) is 4.34. The molecule has 5 heteroatoms. The number of hydrogen-bond acceptors (Lipinski definition) is 3. The van der Waals surface area contributed by atoms with Crippen molar-refractivity contribution >= 4 is 50.5 Å². The number of benzene rings is 3. The fourth-order valence-corrected chi connectivity index (χ4v) is 3.10. The van der Waals surface area contributed by atoms with Crippen LogP contribution in [0.3, 0.4) is 0 Å². The van der Waals surface area contributed by atoms with E-state index in [0.29, 0.717) is 5.11 Å². The van der Waals surface area contributed by atoms with Gasteiger partial charge in [0.2, 0.25) is 0 Å². The molecule has 0 saturated heterocycles. The van der Waals surface area contributed by atoms with Gasteiger partial charge in [-0.1, -0.05) is 30.3 Å². The van der Waals surface area contributed by atoms with Gasteiger partial charge < -0.3 is 10.6 Å². The van der Waals surface area contributed by atoms with Crippen LogP contribution in [0.5, 0.6) is 0 Å². The topological polar surface area (TPSA) is 49.8 Å². The van der Waals surface area contributed by atoms with Crippen molar-refractivity contribution in [1.82, 2.24) is 9.97 Å². The lowest BCUT2D eigenvalue weighted by atomic mass is 10.1. The van der Waals surface area contributed by atoms with Crippen LogP contribution in [0.1, 0.15) is 11.4 Å². The summed E-state index contributed by atoms with van der Waals surface area (Å²) in [5.41, 5.74) is 5.46. The van der Waals surface area contributed by atoms with Gasteiger partial charge in [0, 0.05) is 11.4 Å². The van der Waals surface area contributed by atoms with Gasteiger partial charge in [-0.2, -0.15) is 0 Å². The fraction of sp³-hybridized carbons (Fsp3) is 0.0952. The molecule has 0 saturated carbocycles. The zero-order chi connectivity index (χ0) is 18.1. The van der Waals surface area contributed by atoms with Gasteiger partial charge in [0.1, 0.15) is 0 Å². The highest BCUT2D eigenvalue weighted by Gasteiger charge is 2.05. The highest BCUT2D eigenvalue weighted by Crippen LogP contribution is 2.20. The lowest BCUT2D eigenvalue weighted by Gasteiger charge is -2.12. The Balaban J connectivity index is 1.53. The van der Waals surface area contributed by atoms with Crippen LogP contribution in [0.2, 0.25) is 0 Å². The van der Waals surface area contributed by atoms with Crippen molar-refractivity contribution in [2.45, 2.75) is 13.8 Å². The summed E-state index contributed by atoms with van der Waals surface area (Å²) in [6.07, 6.45) is 0. The monoisotopic (exact) mass is 358 g/mol. The summed E-state index contributed by atoms with van der Waals surface area (Å²) in [4.78, 5) is 9.15. The Morgan fingerprint density at radius 2 is 1.35 bits per heavy atom. The molecule has 0 radical (unpaired) electrons. The van der Waals surface area contributed by atoms with Gasteiger partial charge in [-0.05, 0) is 67.2 Å². The molecule has 0 atom stereocenters. The van der Waals surface area contributed by atoms with E-state index >= 15 is 0 Å². The number of rotatable bonds is 2. The van der Waals surface area contributed by atoms with Crippen molar-refractivity contribution in [2.75, 3.05) is 10.6 Å². The number of fused-ring (bicyclic) bond motifs is 2. The Morgan fingerprint density at radius 3 is 2.12 bits per heavy atom. The molecule has 0 spiro atoms. The Hall–Kier alpha value is -3.05. The highest BCUT2D eigenvalue weighted by atomic mass is 32.1. The minimum absolute atomic E-state index is 0.538. The van der Waals surface area contributed by atoms with E-state index in [1.165, 1.54) is 10.8 Å². The number of aromatic nitrogens is 2. The molecule has 4 nitrogen and oxygen atoms in total. The van der Waals surface area contributed by atoms with Gasteiger partial charge in [-0.15, -0.1) is 0 Å². The Labute approximate surface area is 157 Å². The molecule has 0 bridgehead atoms. The molecule has 1 aromatic heterocycles. The molecule has 1 heterocycles. The number of aryl methyl sites for hydroxylation is 2. The number of hydrogen-bond donors (Lipinski definition) is 2. The predicted molar refractivity (Wildman–Crippen MR) is 113 cm³/mol. The molecular formula is C21H18N4S. The lowest BCUT2D eigenvalue weighted by Crippen LogP contribution is -2.19. The molecule has 0 aliphatic carbocycles. The number of anilines is 2. The molecular weight excluding hydrogens is 340 g/mol. The minimum Gasteiger partial charge on any atom is -0.332 e. The first-order valence-electron chi connectivity index (χ1n) is 8.40. The average Bonchev–Trinajstić information content (AvgIpc) is 2.63. The SMILES string of the molecule is Cc1nc2ccc(NC(=S)Nc3ccc4ccccc4c3)cc2nc1C. The second-order valence-electron chi connectivity index (χ2n) is 6.24. The minimum atomic E-state index is 0.538. The van der Waals surface area contributed by atoms with E-state index in [0.717, 1.165) is 33.8 Å². The lowest BCUT2D eigenvalue weighted by molar-refractivity contribution is 1.10. The summed E-state index contributed by atoms with van der Waals surface area (Å²) >= 11 is 5.45. The fourth-order valence-electron chi connectivity index (χ4n) is 2.87. The van der Waals surface area contributed by atoms with E-state index in [-0.39, 0.29) is 0 Å². The van der Waals surface area contributed by atoms with Crippen molar-refractivity contribution in [3.8, 4) is 0 Å². The smallest absolute Gasteiger partial charge is 0.175 e. The summed E-state index contributed by atoms with van der Waals surface area (Å²) in [6, 6.07) is 20.3. The van der Waals surface area contributed by atoms with Crippen LogP contribution in [0, 0.1) is 13.8 Å². The standard InChI is InChI=1S/C21H18N4S/c1-13-14(2)23-20-12-18(9-10-19(20)22-13)25-21(26)24-17-8-7-15-5-3-4-6-16(15)11-17/h3-12H,1-2H3,(H2,24,25,26). The van der Waals surface area contributed by atoms with Crippen molar-refractivity contribution < 1.29 is 0 Å². The average molecular weight is 358 g/mol. The first-order valence-corrected chi connectivity index (χ1v) is 8.81. The molecule has 0 aliphatic rings. The normalized spacial score (nSPS) is 10.8. The molecule has 0 unspecified atom stereocenters. The third kappa shape index (κ3) is 3.34. The van der Waals surface area contributed by atoms with E-state index in [1.807, 2.05) is 50.2 Å². The first-order chi connectivity index (χ1) is 12.6. The van der Waals surface area contributed by atoms with Crippen LogP contribution >= 0.6 is 12.2 Å². The van der Waals surface area contributed by atoms with Crippen LogP contribution in [0.15, 0.2) is 60.7 Å². The summed E-state index contributed by atoms with van der Waals surface area (Å²) in [5, 5.41) is 9.37. The van der Waals surface area contributed by atoms with Crippen molar-refractivity contribution in [2.24, 2.45) is 0 Å². The van der Waals surface area contributed by atoms with Crippen molar-refractivity contribution in [1.29, 1.82) is 0 Å². The molecule has 26 heavy (non-hydrogen) atoms. The van der Waals surface area contributed by atoms with E-state index in [4.69, 9.17) is 12.2 Å². The Morgan fingerprint density at radius 1 is 0.731 bits per heavy atom. The molecule has 4 rings (SSSR count). The van der Waals surface area contributed by atoms with E-state index < -0.39 is 0 Å². The molecule has 4 aromatic rings. The molecule has 0 aliphatic heterocycles. The van der Waals surface area contributed by atoms with Crippen molar-refractivity contribution in [3.05, 3.63) is 72.1 Å². The predicted octanol–water partition coefficient (Wildman–Crippen LogP) is 5.21. The quantitative estimate of drug-likeness (QED) is 0.482. The number of thiocarbonyl (C=S) groups is 1. The molecule has 128 valence electrons. The largest absolute Gasteiger partial charge is 0.332 e. The summed E-state index contributed by atoms with van der Waals surface area (Å²) < 4.78 is 0. The van der Waals surface area contributed by atoms with Crippen LogP contribution in [0.4, 0.5) is 11.4 Å². The molecule has 3 aromatic carbocycles. The van der Waals surface area contributed by atoms with Gasteiger partial charge in [0.05, 0.1) is 22.4 Å². The van der Waals surface area contributed by atoms with Crippen LogP contribution < -0.4 is 10.6 Å². The van der Waals surface area contributed by atoms with Gasteiger partial charge in [0.15, 0.2) is 5.11 Å². The van der Waals surface area contributed by atoms with Crippen LogP contribution in [-0.4, -0.2) is 15.1 Å². The maximum atomic E-state index is 5.45. The van der Waals surface area contributed by atoms with Crippen LogP contribution in [-0.2, 0) is 0 Å². The highest BCUT2D eigenvalue weighted by molar-refractivity contribution is 7.80. The second-order valence-corrected chi connectivity index (χ2v) is 6.65. The summed E-state index contributed by atoms with van der Waals surface area (Å²) in [5.74, 6) is 0. The summed E-state index contributed by atoms with van der Waals surface area (Å²) in [6.45, 7) is 3.93. The number of nitrogens with zero attached hydrogens (tertiary/aromatic N) is 2. The van der Waals surface area contributed by atoms with E-state index in [2.05, 4.69) is 44.9 Å². The molecule has 0 amide bonds. The molecule has 2 N–H and O–H groups in total.